The largest absolute Gasteiger partial charge is 0.493 e. The fourth-order valence-electron chi connectivity index (χ4n) is 5.18. The number of anilines is 2. The van der Waals surface area contributed by atoms with Crippen LogP contribution in [0.1, 0.15) is 33.5 Å². The van der Waals surface area contributed by atoms with Crippen molar-refractivity contribution in [3.05, 3.63) is 113 Å². The van der Waals surface area contributed by atoms with Gasteiger partial charge in [-0.2, -0.15) is 0 Å². The van der Waals surface area contributed by atoms with Crippen molar-refractivity contribution < 1.29 is 33.4 Å². The zero-order chi connectivity index (χ0) is 34.4. The van der Waals surface area contributed by atoms with Crippen LogP contribution < -0.4 is 29.7 Å². The summed E-state index contributed by atoms with van der Waals surface area (Å²) >= 11 is 1.25. The van der Waals surface area contributed by atoms with Gasteiger partial charge in [-0.3, -0.25) is 19.2 Å². The number of hydrogen-bond donors (Lipinski definition) is 2. The predicted octanol–water partition coefficient (Wildman–Crippen LogP) is 6.16. The second kappa shape index (κ2) is 14.9. The zero-order valence-electron chi connectivity index (χ0n) is 27.2. The number of benzene rings is 4. The Morgan fingerprint density at radius 1 is 0.833 bits per heavy atom. The predicted molar refractivity (Wildman–Crippen MR) is 186 cm³/mol. The molecule has 0 unspecified atom stereocenters. The average Bonchev–Trinajstić information content (AvgIpc) is 3.37. The Bertz CT molecular complexity index is 1910. The van der Waals surface area contributed by atoms with Gasteiger partial charge < -0.3 is 24.8 Å². The SMILES string of the molecule is COc1ccc(/C=C(\NC(=O)c2ccccc2)C(=O)Nc2cccc(S[C@H]3CC(=O)N(c4ccc(C)c(C)c4)C3=O)c2)c(OC)c1OC. The van der Waals surface area contributed by atoms with Crippen LogP contribution in [0.25, 0.3) is 6.08 Å². The molecule has 1 heterocycles. The van der Waals surface area contributed by atoms with Gasteiger partial charge in [-0.05, 0) is 85.6 Å². The summed E-state index contributed by atoms with van der Waals surface area (Å²) < 4.78 is 16.5. The fraction of sp³-hybridized carbons (Fsp3) is 0.189. The van der Waals surface area contributed by atoms with Crippen molar-refractivity contribution in [2.45, 2.75) is 30.4 Å². The van der Waals surface area contributed by atoms with Crippen LogP contribution in [-0.2, 0) is 14.4 Å². The number of methoxy groups -OCH3 is 3. The van der Waals surface area contributed by atoms with Crippen LogP contribution >= 0.6 is 11.8 Å². The van der Waals surface area contributed by atoms with E-state index in [1.54, 1.807) is 72.8 Å². The van der Waals surface area contributed by atoms with Crippen LogP contribution in [0.5, 0.6) is 17.2 Å². The Kier molecular flexibility index (Phi) is 10.5. The minimum atomic E-state index is -0.622. The number of carbonyl (C=O) groups is 4. The summed E-state index contributed by atoms with van der Waals surface area (Å²) in [5, 5.41) is 4.94. The first kappa shape index (κ1) is 33.8. The van der Waals surface area contributed by atoms with E-state index in [-0.39, 0.29) is 23.9 Å². The second-order valence-electron chi connectivity index (χ2n) is 10.9. The van der Waals surface area contributed by atoms with Crippen molar-refractivity contribution in [2.24, 2.45) is 0 Å². The monoisotopic (exact) mass is 665 g/mol. The maximum Gasteiger partial charge on any atom is 0.272 e. The fourth-order valence-corrected chi connectivity index (χ4v) is 6.29. The first-order valence-corrected chi connectivity index (χ1v) is 15.9. The molecule has 4 aromatic carbocycles. The molecule has 11 heteroatoms. The maximum absolute atomic E-state index is 13.8. The molecule has 1 fully saturated rings. The van der Waals surface area contributed by atoms with Crippen molar-refractivity contribution in [1.82, 2.24) is 5.32 Å². The molecule has 1 atom stereocenters. The van der Waals surface area contributed by atoms with Gasteiger partial charge in [0.2, 0.25) is 17.6 Å². The quantitative estimate of drug-likeness (QED) is 0.144. The molecule has 0 bridgehead atoms. The summed E-state index contributed by atoms with van der Waals surface area (Å²) in [6, 6.07) is 24.3. The normalized spacial score (nSPS) is 14.5. The van der Waals surface area contributed by atoms with E-state index in [4.69, 9.17) is 14.2 Å². The molecule has 0 saturated carbocycles. The molecule has 1 aliphatic rings. The van der Waals surface area contributed by atoms with E-state index in [0.29, 0.717) is 44.6 Å². The molecule has 4 amide bonds. The topological polar surface area (TPSA) is 123 Å². The van der Waals surface area contributed by atoms with E-state index in [0.717, 1.165) is 11.1 Å². The lowest BCUT2D eigenvalue weighted by molar-refractivity contribution is -0.121. The Balaban J connectivity index is 1.39. The number of rotatable bonds is 11. The summed E-state index contributed by atoms with van der Waals surface area (Å²) in [6.07, 6.45) is 1.54. The van der Waals surface area contributed by atoms with Gasteiger partial charge in [0.25, 0.3) is 11.8 Å². The summed E-state index contributed by atoms with van der Waals surface area (Å²) in [4.78, 5) is 55.1. The number of ether oxygens (including phenoxy) is 3. The lowest BCUT2D eigenvalue weighted by Gasteiger charge is -2.17. The number of thioether (sulfide) groups is 1. The number of nitrogens with one attached hydrogen (secondary N) is 2. The third kappa shape index (κ3) is 7.37. The smallest absolute Gasteiger partial charge is 0.272 e. The first-order valence-electron chi connectivity index (χ1n) is 15.0. The molecule has 1 saturated heterocycles. The van der Waals surface area contributed by atoms with Gasteiger partial charge in [-0.25, -0.2) is 4.90 Å². The van der Waals surface area contributed by atoms with Crippen molar-refractivity contribution in [3.63, 3.8) is 0 Å². The van der Waals surface area contributed by atoms with Gasteiger partial charge in [-0.15, -0.1) is 11.8 Å². The third-order valence-corrected chi connectivity index (χ3v) is 8.97. The van der Waals surface area contributed by atoms with E-state index in [1.807, 2.05) is 26.0 Å². The third-order valence-electron chi connectivity index (χ3n) is 7.79. The van der Waals surface area contributed by atoms with Crippen LogP contribution in [0.3, 0.4) is 0 Å². The molecular formula is C37H35N3O7S. The molecule has 0 aliphatic carbocycles. The Morgan fingerprint density at radius 2 is 1.58 bits per heavy atom. The highest BCUT2D eigenvalue weighted by molar-refractivity contribution is 8.00. The first-order chi connectivity index (χ1) is 23.1. The highest BCUT2D eigenvalue weighted by atomic mass is 32.2. The molecule has 246 valence electrons. The van der Waals surface area contributed by atoms with Gasteiger partial charge in [0, 0.05) is 28.1 Å². The summed E-state index contributed by atoms with van der Waals surface area (Å²) in [7, 11) is 4.43. The molecule has 4 aromatic rings. The van der Waals surface area contributed by atoms with Gasteiger partial charge in [0.05, 0.1) is 32.3 Å². The van der Waals surface area contributed by atoms with Gasteiger partial charge in [0.1, 0.15) is 5.70 Å². The van der Waals surface area contributed by atoms with Gasteiger partial charge in [0.15, 0.2) is 11.5 Å². The average molecular weight is 666 g/mol. The minimum Gasteiger partial charge on any atom is -0.493 e. The number of imide groups is 1. The van der Waals surface area contributed by atoms with Crippen LogP contribution in [0.4, 0.5) is 11.4 Å². The molecule has 1 aliphatic heterocycles. The van der Waals surface area contributed by atoms with Crippen LogP contribution in [0.15, 0.2) is 95.5 Å². The van der Waals surface area contributed by atoms with E-state index in [1.165, 1.54) is 44.1 Å². The molecular weight excluding hydrogens is 630 g/mol. The van der Waals surface area contributed by atoms with Crippen LogP contribution in [0, 0.1) is 13.8 Å². The van der Waals surface area contributed by atoms with Crippen molar-refractivity contribution in [2.75, 3.05) is 31.5 Å². The molecule has 2 N–H and O–H groups in total. The van der Waals surface area contributed by atoms with Crippen LogP contribution in [0.2, 0.25) is 0 Å². The lowest BCUT2D eigenvalue weighted by Crippen LogP contribution is -2.31. The summed E-state index contributed by atoms with van der Waals surface area (Å²) in [5.74, 6) is -0.589. The van der Waals surface area contributed by atoms with E-state index in [2.05, 4.69) is 10.6 Å². The highest BCUT2D eigenvalue weighted by Crippen LogP contribution is 2.41. The van der Waals surface area contributed by atoms with Gasteiger partial charge in [-0.1, -0.05) is 30.3 Å². The van der Waals surface area contributed by atoms with E-state index < -0.39 is 17.1 Å². The van der Waals surface area contributed by atoms with E-state index >= 15 is 0 Å². The van der Waals surface area contributed by atoms with Crippen molar-refractivity contribution >= 4 is 52.8 Å². The number of carbonyl (C=O) groups excluding carboxylic acids is 4. The van der Waals surface area contributed by atoms with Crippen molar-refractivity contribution in [1.29, 1.82) is 0 Å². The summed E-state index contributed by atoms with van der Waals surface area (Å²) in [5.41, 5.74) is 3.80. The molecule has 0 radical (unpaired) electrons. The summed E-state index contributed by atoms with van der Waals surface area (Å²) in [6.45, 7) is 3.91. The van der Waals surface area contributed by atoms with Crippen molar-refractivity contribution in [3.8, 4) is 17.2 Å². The Hall–Kier alpha value is -5.55. The number of hydrogen-bond acceptors (Lipinski definition) is 8. The molecule has 5 rings (SSSR count). The molecule has 48 heavy (non-hydrogen) atoms. The van der Waals surface area contributed by atoms with Gasteiger partial charge >= 0.3 is 0 Å². The van der Waals surface area contributed by atoms with Crippen LogP contribution in [-0.4, -0.2) is 50.2 Å². The Labute approximate surface area is 283 Å². The molecule has 10 nitrogen and oxygen atoms in total. The highest BCUT2D eigenvalue weighted by Gasteiger charge is 2.40. The maximum atomic E-state index is 13.8. The van der Waals surface area contributed by atoms with E-state index in [9.17, 15) is 19.2 Å². The number of aryl methyl sites for hydroxylation is 2. The number of amides is 4. The minimum absolute atomic E-state index is 0.0541. The number of nitrogens with zero attached hydrogens (tertiary/aromatic N) is 1. The zero-order valence-corrected chi connectivity index (χ0v) is 28.0. The lowest BCUT2D eigenvalue weighted by atomic mass is 10.1. The standard InChI is InChI=1S/C37H35N3O7S/c1-22-14-16-27(18-23(22)2)40-32(41)21-31(37(40)44)48-28-13-9-12-26(20-28)38-36(43)29(39-35(42)24-10-7-6-8-11-24)19-25-15-17-30(45-3)34(47-5)33(25)46-4/h6-20,31H,21H2,1-5H3,(H,38,43)(H,39,42)/b29-19-/t31-/m0/s1. The Morgan fingerprint density at radius 3 is 2.27 bits per heavy atom. The molecule has 0 aromatic heterocycles. The second-order valence-corrected chi connectivity index (χ2v) is 12.2. The molecule has 0 spiro atoms.